The van der Waals surface area contributed by atoms with E-state index in [0.717, 1.165) is 0 Å². The summed E-state index contributed by atoms with van der Waals surface area (Å²) in [6.07, 6.45) is 0. The molecule has 2 nitrogen and oxygen atoms in total. The van der Waals surface area contributed by atoms with Gasteiger partial charge in [0, 0.05) is 15.1 Å². The number of hydrogen-bond acceptors (Lipinski definition) is 2. The van der Waals surface area contributed by atoms with Crippen molar-refractivity contribution in [1.29, 1.82) is 0 Å². The van der Waals surface area contributed by atoms with E-state index in [4.69, 9.17) is 28.4 Å². The van der Waals surface area contributed by atoms with Crippen LogP contribution in [-0.4, -0.2) is 10.4 Å². The Morgan fingerprint density at radius 2 is 2.17 bits per heavy atom. The maximum atomic E-state index is 8.38. The van der Waals surface area contributed by atoms with Crippen LogP contribution in [0, 0.1) is 0 Å². The first-order valence-corrected chi connectivity index (χ1v) is 4.53. The lowest BCUT2D eigenvalue weighted by atomic mass is 10.2. The van der Waals surface area contributed by atoms with Crippen LogP contribution < -0.4 is 0 Å². The van der Waals surface area contributed by atoms with Gasteiger partial charge in [0.1, 0.15) is 0 Å². The Kier molecular flexibility index (Phi) is 3.38. The molecule has 0 saturated heterocycles. The quantitative estimate of drug-likeness (QED) is 0.472. The highest BCUT2D eigenvalue weighted by Crippen LogP contribution is 2.23. The molecule has 0 radical (unpaired) electrons. The molecular formula is C7H4BrCl2NO. The molecular weight excluding hydrogens is 265 g/mol. The van der Waals surface area contributed by atoms with Gasteiger partial charge in [0.25, 0.3) is 0 Å². The summed E-state index contributed by atoms with van der Waals surface area (Å²) in [4.78, 5) is 0. The number of hydrogen-bond donors (Lipinski definition) is 1. The third kappa shape index (κ3) is 2.12. The molecule has 0 fully saturated rings. The molecule has 5 heteroatoms. The number of oxime groups is 1. The van der Waals surface area contributed by atoms with Gasteiger partial charge in [-0.3, -0.25) is 0 Å². The molecule has 1 rings (SSSR count). The van der Waals surface area contributed by atoms with E-state index < -0.39 is 0 Å². The lowest BCUT2D eigenvalue weighted by molar-refractivity contribution is 0.321. The summed E-state index contributed by atoms with van der Waals surface area (Å²) < 4.78 is 0.692. The summed E-state index contributed by atoms with van der Waals surface area (Å²) in [6, 6.07) is 4.99. The van der Waals surface area contributed by atoms with Crippen molar-refractivity contribution in [1.82, 2.24) is 0 Å². The average Bonchev–Trinajstić information content (AvgIpc) is 2.03. The molecule has 0 unspecified atom stereocenters. The summed E-state index contributed by atoms with van der Waals surface area (Å²) in [5, 5.41) is 11.9. The van der Waals surface area contributed by atoms with Crippen molar-refractivity contribution in [2.24, 2.45) is 5.16 Å². The molecule has 1 aromatic rings. The fraction of sp³-hybridized carbons (Fsp3) is 0. The van der Waals surface area contributed by atoms with E-state index >= 15 is 0 Å². The zero-order chi connectivity index (χ0) is 9.14. The largest absolute Gasteiger partial charge is 0.410 e. The molecule has 0 aliphatic heterocycles. The maximum Gasteiger partial charge on any atom is 0.176 e. The van der Waals surface area contributed by atoms with Crippen molar-refractivity contribution >= 4 is 44.3 Å². The van der Waals surface area contributed by atoms with E-state index in [-0.39, 0.29) is 5.17 Å². The standard InChI is InChI=1S/C7H4BrCl2NO/c8-6-3-4(9)1-2-5(6)7(10)11-12/h1-3,12H/b11-7+. The van der Waals surface area contributed by atoms with E-state index in [2.05, 4.69) is 21.1 Å². The van der Waals surface area contributed by atoms with Crippen molar-refractivity contribution in [3.05, 3.63) is 33.3 Å². The van der Waals surface area contributed by atoms with Gasteiger partial charge in [-0.05, 0) is 18.2 Å². The van der Waals surface area contributed by atoms with E-state index in [1.54, 1.807) is 18.2 Å². The van der Waals surface area contributed by atoms with Gasteiger partial charge in [0.2, 0.25) is 0 Å². The van der Waals surface area contributed by atoms with E-state index in [9.17, 15) is 0 Å². The van der Waals surface area contributed by atoms with Gasteiger partial charge in [-0.2, -0.15) is 0 Å². The van der Waals surface area contributed by atoms with Crippen molar-refractivity contribution in [2.75, 3.05) is 0 Å². The predicted molar refractivity (Wildman–Crippen MR) is 53.3 cm³/mol. The van der Waals surface area contributed by atoms with Gasteiger partial charge in [-0.1, -0.05) is 44.3 Å². The summed E-state index contributed by atoms with van der Waals surface area (Å²) in [6.45, 7) is 0. The smallest absolute Gasteiger partial charge is 0.176 e. The van der Waals surface area contributed by atoms with Crippen molar-refractivity contribution in [2.45, 2.75) is 0 Å². The maximum absolute atomic E-state index is 8.38. The minimum atomic E-state index is 0.0264. The second-order valence-electron chi connectivity index (χ2n) is 2.01. The summed E-state index contributed by atoms with van der Waals surface area (Å²) in [5.74, 6) is 0. The molecule has 1 N–H and O–H groups in total. The summed E-state index contributed by atoms with van der Waals surface area (Å²) in [5.41, 5.74) is 0.601. The lowest BCUT2D eigenvalue weighted by Crippen LogP contribution is -1.91. The Morgan fingerprint density at radius 3 is 2.67 bits per heavy atom. The van der Waals surface area contributed by atoms with Gasteiger partial charge < -0.3 is 5.21 Å². The van der Waals surface area contributed by atoms with Crippen LogP contribution in [0.1, 0.15) is 5.56 Å². The third-order valence-electron chi connectivity index (χ3n) is 1.24. The molecule has 0 spiro atoms. The fourth-order valence-corrected chi connectivity index (χ4v) is 1.86. The van der Waals surface area contributed by atoms with Crippen LogP contribution in [0.2, 0.25) is 5.02 Å². The van der Waals surface area contributed by atoms with Gasteiger partial charge in [-0.15, -0.1) is 0 Å². The van der Waals surface area contributed by atoms with Crippen LogP contribution in [0.3, 0.4) is 0 Å². The first-order valence-electron chi connectivity index (χ1n) is 2.98. The second kappa shape index (κ2) is 4.12. The molecule has 0 aromatic heterocycles. The molecule has 0 amide bonds. The molecule has 64 valence electrons. The summed E-state index contributed by atoms with van der Waals surface area (Å²) in [7, 11) is 0. The lowest BCUT2D eigenvalue weighted by Gasteiger charge is -1.99. The molecule has 1 aromatic carbocycles. The van der Waals surface area contributed by atoms with Crippen molar-refractivity contribution in [3.8, 4) is 0 Å². The van der Waals surface area contributed by atoms with Gasteiger partial charge in [0.05, 0.1) is 0 Å². The van der Waals surface area contributed by atoms with Crippen LogP contribution in [-0.2, 0) is 0 Å². The Hall–Kier alpha value is -0.250. The highest BCUT2D eigenvalue weighted by Gasteiger charge is 2.05. The van der Waals surface area contributed by atoms with Gasteiger partial charge in [0.15, 0.2) is 5.17 Å². The van der Waals surface area contributed by atoms with Crippen molar-refractivity contribution in [3.63, 3.8) is 0 Å². The third-order valence-corrected chi connectivity index (χ3v) is 2.41. The number of halogens is 3. The molecule has 0 aliphatic rings. The summed E-state index contributed by atoms with van der Waals surface area (Å²) >= 11 is 14.5. The van der Waals surface area contributed by atoms with E-state index in [1.807, 2.05) is 0 Å². The van der Waals surface area contributed by atoms with Gasteiger partial charge in [-0.25, -0.2) is 0 Å². The molecule has 0 bridgehead atoms. The zero-order valence-corrected chi connectivity index (χ0v) is 8.86. The first-order chi connectivity index (χ1) is 5.65. The van der Waals surface area contributed by atoms with E-state index in [0.29, 0.717) is 15.1 Å². The van der Waals surface area contributed by atoms with Crippen LogP contribution in [0.5, 0.6) is 0 Å². The Bertz CT molecular complexity index is 327. The van der Waals surface area contributed by atoms with Crippen LogP contribution >= 0.6 is 39.1 Å². The highest BCUT2D eigenvalue weighted by molar-refractivity contribution is 9.10. The first kappa shape index (κ1) is 9.84. The minimum Gasteiger partial charge on any atom is -0.410 e. The average molecular weight is 269 g/mol. The second-order valence-corrected chi connectivity index (χ2v) is 3.66. The predicted octanol–water partition coefficient (Wildman–Crippen LogP) is 3.48. The Balaban J connectivity index is 3.18. The van der Waals surface area contributed by atoms with Crippen LogP contribution in [0.4, 0.5) is 0 Å². The number of nitrogens with zero attached hydrogens (tertiary/aromatic N) is 1. The molecule has 0 aliphatic carbocycles. The molecule has 0 atom stereocenters. The fourth-order valence-electron chi connectivity index (χ4n) is 0.711. The number of rotatable bonds is 1. The van der Waals surface area contributed by atoms with E-state index in [1.165, 1.54) is 0 Å². The van der Waals surface area contributed by atoms with Crippen LogP contribution in [0.25, 0.3) is 0 Å². The molecule has 12 heavy (non-hydrogen) atoms. The highest BCUT2D eigenvalue weighted by atomic mass is 79.9. The van der Waals surface area contributed by atoms with Crippen molar-refractivity contribution < 1.29 is 5.21 Å². The van der Waals surface area contributed by atoms with Gasteiger partial charge >= 0.3 is 0 Å². The monoisotopic (exact) mass is 267 g/mol. The molecule has 0 heterocycles. The normalized spacial score (nSPS) is 11.8. The Morgan fingerprint density at radius 1 is 1.50 bits per heavy atom. The van der Waals surface area contributed by atoms with Crippen LogP contribution in [0.15, 0.2) is 27.8 Å². The number of benzene rings is 1. The zero-order valence-electron chi connectivity index (χ0n) is 5.76. The SMILES string of the molecule is O/N=C(/Cl)c1ccc(Cl)cc1Br. The molecule has 0 saturated carbocycles. The minimum absolute atomic E-state index is 0.0264. The topological polar surface area (TPSA) is 32.6 Å². The Labute approximate surface area is 87.9 Å².